The first-order chi connectivity index (χ1) is 8.24. The monoisotopic (exact) mass is 251 g/mol. The van der Waals surface area contributed by atoms with Gasteiger partial charge >= 0.3 is 0 Å². The normalized spacial score (nSPS) is 30.3. The van der Waals surface area contributed by atoms with Crippen LogP contribution in [-0.4, -0.2) is 46.0 Å². The Labute approximate surface area is 107 Å². The van der Waals surface area contributed by atoms with Crippen LogP contribution in [0.1, 0.15) is 31.7 Å². The second-order valence-electron chi connectivity index (χ2n) is 5.53. The van der Waals surface area contributed by atoms with Gasteiger partial charge in [0.2, 0.25) is 0 Å². The van der Waals surface area contributed by atoms with Gasteiger partial charge in [0.05, 0.1) is 6.54 Å². The van der Waals surface area contributed by atoms with Gasteiger partial charge < -0.3 is 0 Å². The van der Waals surface area contributed by atoms with E-state index in [4.69, 9.17) is 0 Å². The molecule has 2 bridgehead atoms. The minimum absolute atomic E-state index is 0.699. The summed E-state index contributed by atoms with van der Waals surface area (Å²) in [5.74, 6) is 0. The van der Waals surface area contributed by atoms with Gasteiger partial charge in [-0.2, -0.15) is 0 Å². The highest BCUT2D eigenvalue weighted by Crippen LogP contribution is 2.31. The van der Waals surface area contributed by atoms with Crippen molar-refractivity contribution in [3.05, 3.63) is 16.6 Å². The number of hydrogen-bond acceptors (Lipinski definition) is 4. The summed E-state index contributed by atoms with van der Waals surface area (Å²) in [7, 11) is 0. The predicted octanol–water partition coefficient (Wildman–Crippen LogP) is 2.20. The zero-order valence-electron chi connectivity index (χ0n) is 10.7. The van der Waals surface area contributed by atoms with Crippen LogP contribution in [-0.2, 0) is 6.54 Å². The SMILES string of the molecule is CC(C)N1C[C@H]2CC[C@H]1CN2Cc1nccs1. The van der Waals surface area contributed by atoms with E-state index in [1.807, 2.05) is 6.20 Å². The highest BCUT2D eigenvalue weighted by Gasteiger charge is 2.39. The standard InChI is InChI=1S/C13H21N3S/c1-10(2)16-8-11-3-4-12(16)7-15(11)9-13-14-5-6-17-13/h5-6,10-12H,3-4,7-9H2,1-2H3/t11-,12+/m1/s1. The number of piperidine rings is 2. The average Bonchev–Trinajstić information content (AvgIpc) is 2.82. The Morgan fingerprint density at radius 1 is 1.35 bits per heavy atom. The number of rotatable bonds is 3. The van der Waals surface area contributed by atoms with Crippen LogP contribution in [0, 0.1) is 0 Å². The van der Waals surface area contributed by atoms with Crippen molar-refractivity contribution in [2.45, 2.75) is 51.4 Å². The molecule has 0 unspecified atom stereocenters. The van der Waals surface area contributed by atoms with Gasteiger partial charge in [-0.05, 0) is 26.7 Å². The second-order valence-corrected chi connectivity index (χ2v) is 6.51. The summed E-state index contributed by atoms with van der Waals surface area (Å²) in [4.78, 5) is 9.74. The molecule has 0 saturated carbocycles. The Bertz CT molecular complexity index is 363. The lowest BCUT2D eigenvalue weighted by Gasteiger charge is -2.53. The first-order valence-corrected chi connectivity index (χ1v) is 7.50. The summed E-state index contributed by atoms with van der Waals surface area (Å²) in [6.07, 6.45) is 4.68. The van der Waals surface area contributed by atoms with Crippen molar-refractivity contribution in [3.8, 4) is 0 Å². The maximum atomic E-state index is 4.41. The maximum Gasteiger partial charge on any atom is 0.107 e. The van der Waals surface area contributed by atoms with Gasteiger partial charge in [0.15, 0.2) is 0 Å². The van der Waals surface area contributed by atoms with Crippen LogP contribution < -0.4 is 0 Å². The third-order valence-corrected chi connectivity index (χ3v) is 4.93. The molecule has 94 valence electrons. The molecule has 1 aromatic rings. The summed E-state index contributed by atoms with van der Waals surface area (Å²) in [6.45, 7) is 8.21. The molecule has 2 atom stereocenters. The fraction of sp³-hybridized carbons (Fsp3) is 0.769. The van der Waals surface area contributed by atoms with Crippen LogP contribution in [0.15, 0.2) is 11.6 Å². The Kier molecular flexibility index (Phi) is 3.19. The molecule has 3 saturated heterocycles. The Morgan fingerprint density at radius 2 is 2.18 bits per heavy atom. The van der Waals surface area contributed by atoms with E-state index in [9.17, 15) is 0 Å². The average molecular weight is 251 g/mol. The lowest BCUT2D eigenvalue weighted by Crippen LogP contribution is -2.63. The molecule has 0 radical (unpaired) electrons. The first kappa shape index (κ1) is 11.6. The number of nitrogens with zero attached hydrogens (tertiary/aromatic N) is 3. The molecule has 0 aliphatic carbocycles. The summed E-state index contributed by atoms with van der Waals surface area (Å²) < 4.78 is 0. The van der Waals surface area contributed by atoms with Crippen LogP contribution in [0.25, 0.3) is 0 Å². The molecule has 0 N–H and O–H groups in total. The lowest BCUT2D eigenvalue weighted by atomic mass is 9.90. The van der Waals surface area contributed by atoms with Gasteiger partial charge in [-0.3, -0.25) is 9.80 Å². The zero-order chi connectivity index (χ0) is 11.8. The molecule has 4 heterocycles. The summed E-state index contributed by atoms with van der Waals surface area (Å²) >= 11 is 1.78. The zero-order valence-corrected chi connectivity index (χ0v) is 11.5. The highest BCUT2D eigenvalue weighted by atomic mass is 32.1. The quantitative estimate of drug-likeness (QED) is 0.821. The molecule has 3 aliphatic heterocycles. The van der Waals surface area contributed by atoms with Crippen LogP contribution in [0.2, 0.25) is 0 Å². The van der Waals surface area contributed by atoms with Crippen LogP contribution >= 0.6 is 11.3 Å². The van der Waals surface area contributed by atoms with Crippen LogP contribution in [0.4, 0.5) is 0 Å². The molecule has 3 aliphatic rings. The first-order valence-electron chi connectivity index (χ1n) is 6.62. The van der Waals surface area contributed by atoms with E-state index in [1.54, 1.807) is 11.3 Å². The molecular weight excluding hydrogens is 230 g/mol. The molecule has 3 fully saturated rings. The van der Waals surface area contributed by atoms with Gasteiger partial charge in [-0.1, -0.05) is 0 Å². The second kappa shape index (κ2) is 4.67. The Morgan fingerprint density at radius 3 is 2.76 bits per heavy atom. The molecule has 0 spiro atoms. The minimum Gasteiger partial charge on any atom is -0.295 e. The third kappa shape index (κ3) is 2.26. The van der Waals surface area contributed by atoms with Gasteiger partial charge in [0.25, 0.3) is 0 Å². The van der Waals surface area contributed by atoms with Gasteiger partial charge in [-0.15, -0.1) is 11.3 Å². The molecule has 4 rings (SSSR count). The largest absolute Gasteiger partial charge is 0.295 e. The topological polar surface area (TPSA) is 19.4 Å². The van der Waals surface area contributed by atoms with Crippen molar-refractivity contribution in [3.63, 3.8) is 0 Å². The molecule has 1 aromatic heterocycles. The number of aromatic nitrogens is 1. The third-order valence-electron chi connectivity index (χ3n) is 4.17. The Hall–Kier alpha value is -0.450. The smallest absolute Gasteiger partial charge is 0.107 e. The van der Waals surface area contributed by atoms with Crippen molar-refractivity contribution >= 4 is 11.3 Å². The van der Waals surface area contributed by atoms with E-state index < -0.39 is 0 Å². The van der Waals surface area contributed by atoms with Gasteiger partial charge in [0.1, 0.15) is 5.01 Å². The summed E-state index contributed by atoms with van der Waals surface area (Å²) in [5.41, 5.74) is 0. The van der Waals surface area contributed by atoms with E-state index in [0.29, 0.717) is 6.04 Å². The molecule has 0 aromatic carbocycles. The molecule has 4 heteroatoms. The predicted molar refractivity (Wildman–Crippen MR) is 71.2 cm³/mol. The Balaban J connectivity index is 1.67. The molecule has 0 amide bonds. The van der Waals surface area contributed by atoms with E-state index >= 15 is 0 Å². The van der Waals surface area contributed by atoms with Crippen molar-refractivity contribution in [2.75, 3.05) is 13.1 Å². The van der Waals surface area contributed by atoms with E-state index in [-0.39, 0.29) is 0 Å². The van der Waals surface area contributed by atoms with Crippen LogP contribution in [0.3, 0.4) is 0 Å². The minimum atomic E-state index is 0.699. The van der Waals surface area contributed by atoms with Crippen molar-refractivity contribution in [1.29, 1.82) is 0 Å². The number of piperazine rings is 1. The molecule has 17 heavy (non-hydrogen) atoms. The fourth-order valence-electron chi connectivity index (χ4n) is 3.28. The lowest BCUT2D eigenvalue weighted by molar-refractivity contribution is -0.0399. The summed E-state index contributed by atoms with van der Waals surface area (Å²) in [5, 5.41) is 3.35. The van der Waals surface area contributed by atoms with E-state index in [0.717, 1.165) is 18.6 Å². The molecule has 3 nitrogen and oxygen atoms in total. The van der Waals surface area contributed by atoms with E-state index in [1.165, 1.54) is 30.9 Å². The van der Waals surface area contributed by atoms with Crippen LogP contribution in [0.5, 0.6) is 0 Å². The number of hydrogen-bond donors (Lipinski definition) is 0. The number of thiazole rings is 1. The van der Waals surface area contributed by atoms with Crippen molar-refractivity contribution < 1.29 is 0 Å². The number of fused-ring (bicyclic) bond motifs is 3. The fourth-order valence-corrected chi connectivity index (χ4v) is 3.92. The maximum absolute atomic E-state index is 4.41. The van der Waals surface area contributed by atoms with Gasteiger partial charge in [0, 0.05) is 42.8 Å². The summed E-state index contributed by atoms with van der Waals surface area (Å²) in [6, 6.07) is 2.23. The molecular formula is C13H21N3S. The van der Waals surface area contributed by atoms with Gasteiger partial charge in [-0.25, -0.2) is 4.98 Å². The van der Waals surface area contributed by atoms with E-state index in [2.05, 4.69) is 34.0 Å². The van der Waals surface area contributed by atoms with Crippen molar-refractivity contribution in [1.82, 2.24) is 14.8 Å². The van der Waals surface area contributed by atoms with Crippen molar-refractivity contribution in [2.24, 2.45) is 0 Å². The highest BCUT2D eigenvalue weighted by molar-refractivity contribution is 7.09.